The van der Waals surface area contributed by atoms with Crippen LogP contribution in [0.4, 0.5) is 4.39 Å². The van der Waals surface area contributed by atoms with Gasteiger partial charge in [0.1, 0.15) is 0 Å². The van der Waals surface area contributed by atoms with Gasteiger partial charge in [0.2, 0.25) is 0 Å². The van der Waals surface area contributed by atoms with Crippen LogP contribution in [0.2, 0.25) is 0 Å². The van der Waals surface area contributed by atoms with Gasteiger partial charge in [0.25, 0.3) is 0 Å². The van der Waals surface area contributed by atoms with Crippen molar-refractivity contribution in [2.45, 2.75) is 58.2 Å². The molecule has 1 N–H and O–H groups in total. The predicted molar refractivity (Wildman–Crippen MR) is 102 cm³/mol. The third-order valence-electron chi connectivity index (χ3n) is 7.96. The summed E-state index contributed by atoms with van der Waals surface area (Å²) in [5.74, 6) is -0.734. The molecule has 0 aromatic rings. The molecule has 4 aliphatic rings. The van der Waals surface area contributed by atoms with Crippen molar-refractivity contribution in [3.8, 4) is 0 Å². The number of fused-ring (bicyclic) bond motifs is 5. The molecule has 0 saturated heterocycles. The van der Waals surface area contributed by atoms with Crippen LogP contribution in [0.3, 0.4) is 0 Å². The molecule has 2 fully saturated rings. The average molecular weight is 393 g/mol. The zero-order valence-corrected chi connectivity index (χ0v) is 16.8. The average Bonchev–Trinajstić information content (AvgIpc) is 2.86. The van der Waals surface area contributed by atoms with E-state index in [-0.39, 0.29) is 35.7 Å². The number of halogens is 2. The first-order chi connectivity index (χ1) is 12.6. The summed E-state index contributed by atoms with van der Waals surface area (Å²) in [5, 5.41) is 11.1. The molecule has 0 aliphatic heterocycles. The van der Waals surface area contributed by atoms with E-state index in [1.54, 1.807) is 19.1 Å². The molecule has 6 atom stereocenters. The largest absolute Gasteiger partial charge is 0.390 e. The number of hydrogen-bond acceptors (Lipinski definition) is 3. The highest BCUT2D eigenvalue weighted by molar-refractivity contribution is 6.30. The maximum Gasteiger partial charge on any atom is 0.178 e. The molecule has 4 rings (SSSR count). The van der Waals surface area contributed by atoms with Crippen molar-refractivity contribution < 1.29 is 19.1 Å². The number of aliphatic hydroxyl groups is 1. The molecule has 0 heterocycles. The second kappa shape index (κ2) is 5.87. The lowest BCUT2D eigenvalue weighted by Gasteiger charge is -2.61. The zero-order valence-electron chi connectivity index (χ0n) is 16.0. The number of aliphatic hydroxyl groups excluding tert-OH is 1. The molecule has 0 spiro atoms. The van der Waals surface area contributed by atoms with Gasteiger partial charge in [-0.1, -0.05) is 24.1 Å². The van der Waals surface area contributed by atoms with Crippen molar-refractivity contribution in [2.24, 2.45) is 22.7 Å². The summed E-state index contributed by atoms with van der Waals surface area (Å²) in [6, 6.07) is 0. The number of alkyl halides is 2. The van der Waals surface area contributed by atoms with Crippen LogP contribution < -0.4 is 0 Å². The quantitative estimate of drug-likeness (QED) is 0.720. The Labute approximate surface area is 164 Å². The van der Waals surface area contributed by atoms with E-state index in [1.165, 1.54) is 6.08 Å². The van der Waals surface area contributed by atoms with E-state index in [1.807, 2.05) is 13.8 Å². The third kappa shape index (κ3) is 2.23. The summed E-state index contributed by atoms with van der Waals surface area (Å²) in [6.07, 6.45) is 5.49. The van der Waals surface area contributed by atoms with Gasteiger partial charge >= 0.3 is 0 Å². The monoisotopic (exact) mass is 392 g/mol. The Morgan fingerprint density at radius 3 is 2.74 bits per heavy atom. The van der Waals surface area contributed by atoms with E-state index in [0.717, 1.165) is 11.1 Å². The van der Waals surface area contributed by atoms with Crippen LogP contribution in [0, 0.1) is 22.7 Å². The molecule has 0 amide bonds. The molecule has 0 bridgehead atoms. The molecule has 27 heavy (non-hydrogen) atoms. The highest BCUT2D eigenvalue weighted by Gasteiger charge is 2.70. The topological polar surface area (TPSA) is 54.4 Å². The molecule has 3 nitrogen and oxygen atoms in total. The Morgan fingerprint density at radius 2 is 2.07 bits per heavy atom. The highest BCUT2D eigenvalue weighted by atomic mass is 35.5. The first-order valence-corrected chi connectivity index (χ1v) is 10.2. The Morgan fingerprint density at radius 1 is 1.37 bits per heavy atom. The Balaban J connectivity index is 1.82. The number of ketones is 2. The van der Waals surface area contributed by atoms with Crippen LogP contribution in [-0.2, 0) is 9.59 Å². The van der Waals surface area contributed by atoms with Crippen LogP contribution >= 0.6 is 11.6 Å². The zero-order chi connectivity index (χ0) is 19.8. The fraction of sp³-hybridized carbons (Fsp3) is 0.636. The number of hydrogen-bond donors (Lipinski definition) is 1. The van der Waals surface area contributed by atoms with E-state index < -0.39 is 22.6 Å². The van der Waals surface area contributed by atoms with Gasteiger partial charge < -0.3 is 5.11 Å². The SMILES string of the molecule is CC1=C(C(=O)CCl)[C@@]2(C)CC(O)[C@@]3(F)[C@@H](CCC4=CC(=O)C=C[C@@]43C)[C@@H]2C1. The summed E-state index contributed by atoms with van der Waals surface area (Å²) in [7, 11) is 0. The highest BCUT2D eigenvalue weighted by Crippen LogP contribution is 2.68. The summed E-state index contributed by atoms with van der Waals surface area (Å²) < 4.78 is 16.8. The maximum absolute atomic E-state index is 16.8. The van der Waals surface area contributed by atoms with Gasteiger partial charge in [0.05, 0.1) is 12.0 Å². The molecule has 0 aromatic heterocycles. The number of carbonyl (C=O) groups is 2. The van der Waals surface area contributed by atoms with Gasteiger partial charge in [0.15, 0.2) is 17.2 Å². The Hall–Kier alpha value is -1.26. The van der Waals surface area contributed by atoms with Crippen molar-refractivity contribution >= 4 is 23.2 Å². The van der Waals surface area contributed by atoms with E-state index >= 15 is 4.39 Å². The summed E-state index contributed by atoms with van der Waals surface area (Å²) in [6.45, 7) is 5.73. The van der Waals surface area contributed by atoms with Crippen molar-refractivity contribution in [2.75, 3.05) is 5.88 Å². The predicted octanol–water partition coefficient (Wildman–Crippen LogP) is 4.09. The van der Waals surface area contributed by atoms with Gasteiger partial charge in [-0.3, -0.25) is 9.59 Å². The molecule has 4 aliphatic carbocycles. The molecular formula is C22H26ClFO3. The van der Waals surface area contributed by atoms with E-state index in [9.17, 15) is 14.7 Å². The smallest absolute Gasteiger partial charge is 0.178 e. The molecule has 1 unspecified atom stereocenters. The lowest BCUT2D eigenvalue weighted by molar-refractivity contribution is -0.185. The summed E-state index contributed by atoms with van der Waals surface area (Å²) in [4.78, 5) is 24.4. The van der Waals surface area contributed by atoms with Crippen LogP contribution in [0.25, 0.3) is 0 Å². The minimum Gasteiger partial charge on any atom is -0.390 e. The summed E-state index contributed by atoms with van der Waals surface area (Å²) in [5.41, 5.74) is -0.941. The van der Waals surface area contributed by atoms with Crippen LogP contribution in [-0.4, -0.2) is 34.3 Å². The van der Waals surface area contributed by atoms with Crippen molar-refractivity contribution in [3.63, 3.8) is 0 Å². The van der Waals surface area contributed by atoms with Gasteiger partial charge in [0, 0.05) is 22.3 Å². The van der Waals surface area contributed by atoms with Crippen molar-refractivity contribution in [1.82, 2.24) is 0 Å². The number of allylic oxidation sites excluding steroid dienone is 6. The molecule has 2 saturated carbocycles. The first kappa shape index (κ1) is 19.1. The number of carbonyl (C=O) groups excluding carboxylic acids is 2. The van der Waals surface area contributed by atoms with E-state index in [0.29, 0.717) is 24.8 Å². The number of Topliss-reactive ketones (excluding diaryl/α,β-unsaturated/α-hetero) is 1. The van der Waals surface area contributed by atoms with Gasteiger partial charge in [-0.25, -0.2) is 4.39 Å². The number of rotatable bonds is 2. The van der Waals surface area contributed by atoms with E-state index in [4.69, 9.17) is 11.6 Å². The lowest BCUT2D eigenvalue weighted by Crippen LogP contribution is -2.66. The second-order valence-corrected chi connectivity index (χ2v) is 9.45. The van der Waals surface area contributed by atoms with Crippen LogP contribution in [0.1, 0.15) is 46.5 Å². The minimum absolute atomic E-state index is 0.0440. The normalized spacial score (nSPS) is 45.9. The van der Waals surface area contributed by atoms with Gasteiger partial charge in [-0.05, 0) is 57.6 Å². The lowest BCUT2D eigenvalue weighted by atomic mass is 9.45. The Bertz CT molecular complexity index is 827. The molecular weight excluding hydrogens is 367 g/mol. The van der Waals surface area contributed by atoms with Crippen LogP contribution in [0.15, 0.2) is 34.9 Å². The van der Waals surface area contributed by atoms with Crippen molar-refractivity contribution in [1.29, 1.82) is 0 Å². The van der Waals surface area contributed by atoms with Gasteiger partial charge in [-0.15, -0.1) is 11.6 Å². The minimum atomic E-state index is -1.85. The molecule has 146 valence electrons. The fourth-order valence-electron chi connectivity index (χ4n) is 6.77. The van der Waals surface area contributed by atoms with Crippen molar-refractivity contribution in [3.05, 3.63) is 34.9 Å². The first-order valence-electron chi connectivity index (χ1n) is 9.70. The maximum atomic E-state index is 16.8. The molecule has 0 aromatic carbocycles. The standard InChI is InChI=1S/C22H26ClFO3/c1-12-8-16-15-5-4-13-9-14(25)6-7-21(13,3)22(15,24)18(27)10-20(16,2)19(12)17(26)11-23/h6-7,9,15-16,18,27H,4-5,8,10-11H2,1-3H3/t15-,16-,18?,20-,21-,22-/m0/s1. The summed E-state index contributed by atoms with van der Waals surface area (Å²) >= 11 is 5.85. The fourth-order valence-corrected chi connectivity index (χ4v) is 6.90. The van der Waals surface area contributed by atoms with Crippen LogP contribution in [0.5, 0.6) is 0 Å². The molecule has 0 radical (unpaired) electrons. The van der Waals surface area contributed by atoms with Gasteiger partial charge in [-0.2, -0.15) is 0 Å². The third-order valence-corrected chi connectivity index (χ3v) is 8.20. The second-order valence-electron chi connectivity index (χ2n) is 9.18. The van der Waals surface area contributed by atoms with E-state index in [2.05, 4.69) is 0 Å². The Kier molecular flexibility index (Phi) is 4.15. The molecule has 5 heteroatoms.